The van der Waals surface area contributed by atoms with Gasteiger partial charge in [-0.3, -0.25) is 14.7 Å². The molecule has 1 N–H and O–H groups in total. The molecule has 0 saturated carbocycles. The number of alkyl halides is 6. The number of nitrogens with one attached hydrogen (secondary N) is 1. The van der Waals surface area contributed by atoms with Gasteiger partial charge < -0.3 is 10.1 Å². The van der Waals surface area contributed by atoms with E-state index in [-0.39, 0.29) is 18.8 Å². The number of hydrogen-bond acceptors (Lipinski definition) is 5. The standard InChI is InChI=1S/C24H23Cl4F3N4O3/c1-2-11-35(22(37)38-14-23(26,27)28)19-12-34(33-21(19)15-3-7-17(25)8-4-15)13-20(36)32-18-9-5-16(6-10-18)24(29,30)31/h3-10,19H,2,11-14H2,1H3,(H,32,36). The van der Waals surface area contributed by atoms with Gasteiger partial charge in [0.25, 0.3) is 0 Å². The predicted molar refractivity (Wildman–Crippen MR) is 142 cm³/mol. The summed E-state index contributed by atoms with van der Waals surface area (Å²) in [4.78, 5) is 27.1. The normalized spacial score (nSPS) is 15.7. The highest BCUT2D eigenvalue weighted by atomic mass is 35.6. The van der Waals surface area contributed by atoms with Crippen LogP contribution in [0.5, 0.6) is 0 Å². The van der Waals surface area contributed by atoms with Gasteiger partial charge in [-0.2, -0.15) is 18.3 Å². The zero-order chi connectivity index (χ0) is 28.1. The van der Waals surface area contributed by atoms with E-state index >= 15 is 0 Å². The van der Waals surface area contributed by atoms with Crippen LogP contribution in [-0.2, 0) is 15.7 Å². The molecule has 2 aromatic carbocycles. The number of carbonyl (C=O) groups excluding carboxylic acids is 2. The van der Waals surface area contributed by atoms with E-state index in [1.165, 1.54) is 22.0 Å². The summed E-state index contributed by atoms with van der Waals surface area (Å²) < 4.78 is 41.8. The van der Waals surface area contributed by atoms with Crippen LogP contribution in [-0.4, -0.2) is 63.7 Å². The number of carbonyl (C=O) groups is 2. The van der Waals surface area contributed by atoms with Crippen LogP contribution in [0.3, 0.4) is 0 Å². The second-order valence-corrected chi connectivity index (χ2v) is 11.3. The molecule has 1 aliphatic heterocycles. The van der Waals surface area contributed by atoms with E-state index in [4.69, 9.17) is 51.1 Å². The van der Waals surface area contributed by atoms with Crippen LogP contribution in [0.4, 0.5) is 23.7 Å². The Hall–Kier alpha value is -2.40. The maximum Gasteiger partial charge on any atom is 0.416 e. The number of rotatable bonds is 8. The van der Waals surface area contributed by atoms with Crippen LogP contribution >= 0.6 is 46.4 Å². The van der Waals surface area contributed by atoms with Gasteiger partial charge in [-0.1, -0.05) is 65.5 Å². The van der Waals surface area contributed by atoms with Crippen LogP contribution in [0.2, 0.25) is 5.02 Å². The Morgan fingerprint density at radius 2 is 1.74 bits per heavy atom. The summed E-state index contributed by atoms with van der Waals surface area (Å²) in [6.07, 6.45) is -4.62. The molecule has 0 saturated heterocycles. The van der Waals surface area contributed by atoms with E-state index in [2.05, 4.69) is 10.4 Å². The van der Waals surface area contributed by atoms with Gasteiger partial charge in [0.15, 0.2) is 0 Å². The fourth-order valence-electron chi connectivity index (χ4n) is 3.71. The van der Waals surface area contributed by atoms with Crippen molar-refractivity contribution in [3.05, 3.63) is 64.7 Å². The van der Waals surface area contributed by atoms with Gasteiger partial charge in [-0.15, -0.1) is 0 Å². The molecule has 1 atom stereocenters. The third-order valence-corrected chi connectivity index (χ3v) is 5.92. The molecule has 2 aromatic rings. The van der Waals surface area contributed by atoms with Crippen molar-refractivity contribution in [2.24, 2.45) is 5.10 Å². The Morgan fingerprint density at radius 3 is 2.29 bits per heavy atom. The Morgan fingerprint density at radius 1 is 1.11 bits per heavy atom. The molecule has 0 aliphatic carbocycles. The van der Waals surface area contributed by atoms with Gasteiger partial charge >= 0.3 is 12.3 Å². The SMILES string of the molecule is CCCN(C(=O)OCC(Cl)(Cl)Cl)C1CN(CC(=O)Nc2ccc(C(F)(F)F)cc2)N=C1c1ccc(Cl)cc1. The highest BCUT2D eigenvalue weighted by Crippen LogP contribution is 2.30. The first-order valence-electron chi connectivity index (χ1n) is 11.3. The van der Waals surface area contributed by atoms with E-state index in [1.807, 2.05) is 6.92 Å². The number of amides is 2. The first kappa shape index (κ1) is 30.1. The Bertz CT molecular complexity index is 1160. The first-order valence-corrected chi connectivity index (χ1v) is 12.8. The van der Waals surface area contributed by atoms with Crippen LogP contribution < -0.4 is 5.32 Å². The molecule has 1 aliphatic rings. The molecule has 38 heavy (non-hydrogen) atoms. The molecule has 206 valence electrons. The van der Waals surface area contributed by atoms with Crippen molar-refractivity contribution in [3.63, 3.8) is 0 Å². The number of hydrazone groups is 1. The maximum absolute atomic E-state index is 12.9. The molecule has 0 bridgehead atoms. The molecular formula is C24H23Cl4F3N4O3. The summed E-state index contributed by atoms with van der Waals surface area (Å²) in [6.45, 7) is 1.62. The zero-order valence-corrected chi connectivity index (χ0v) is 23.0. The minimum Gasteiger partial charge on any atom is -0.445 e. The lowest BCUT2D eigenvalue weighted by molar-refractivity contribution is -0.137. The minimum absolute atomic E-state index is 0.140. The van der Waals surface area contributed by atoms with Crippen molar-refractivity contribution >= 4 is 69.8 Å². The lowest BCUT2D eigenvalue weighted by atomic mass is 10.0. The fourth-order valence-corrected chi connectivity index (χ4v) is 4.00. The summed E-state index contributed by atoms with van der Waals surface area (Å²) >= 11 is 23.2. The smallest absolute Gasteiger partial charge is 0.416 e. The van der Waals surface area contributed by atoms with Crippen LogP contribution in [0.1, 0.15) is 24.5 Å². The maximum atomic E-state index is 12.9. The topological polar surface area (TPSA) is 74.2 Å². The Labute approximate surface area is 237 Å². The molecule has 0 aromatic heterocycles. The third kappa shape index (κ3) is 8.56. The first-order chi connectivity index (χ1) is 17.8. The summed E-state index contributed by atoms with van der Waals surface area (Å²) in [5.74, 6) is -0.509. The minimum atomic E-state index is -4.48. The lowest BCUT2D eigenvalue weighted by Gasteiger charge is -2.29. The van der Waals surface area contributed by atoms with Crippen molar-refractivity contribution < 1.29 is 27.5 Å². The van der Waals surface area contributed by atoms with Gasteiger partial charge in [-0.05, 0) is 42.8 Å². The van der Waals surface area contributed by atoms with E-state index in [0.29, 0.717) is 29.3 Å². The number of benzene rings is 2. The number of anilines is 1. The van der Waals surface area contributed by atoms with Gasteiger partial charge in [-0.25, -0.2) is 4.79 Å². The van der Waals surface area contributed by atoms with Crippen molar-refractivity contribution in [2.45, 2.75) is 29.4 Å². The van der Waals surface area contributed by atoms with Gasteiger partial charge in [0.1, 0.15) is 13.2 Å². The average Bonchev–Trinajstić information content (AvgIpc) is 3.23. The Kier molecular flexibility index (Phi) is 10.0. The summed E-state index contributed by atoms with van der Waals surface area (Å²) in [5.41, 5.74) is 0.528. The number of ether oxygens (including phenoxy) is 1. The lowest BCUT2D eigenvalue weighted by Crippen LogP contribution is -2.48. The molecule has 14 heteroatoms. The monoisotopic (exact) mass is 612 g/mol. The van der Waals surface area contributed by atoms with Crippen LogP contribution in [0, 0.1) is 0 Å². The fraction of sp³-hybridized carbons (Fsp3) is 0.375. The van der Waals surface area contributed by atoms with Crippen LogP contribution in [0.15, 0.2) is 53.6 Å². The summed E-state index contributed by atoms with van der Waals surface area (Å²) in [6, 6.07) is 10.3. The number of nitrogens with zero attached hydrogens (tertiary/aromatic N) is 3. The number of hydrogen-bond donors (Lipinski definition) is 1. The molecule has 1 heterocycles. The largest absolute Gasteiger partial charge is 0.445 e. The zero-order valence-electron chi connectivity index (χ0n) is 19.9. The van der Waals surface area contributed by atoms with Crippen molar-refractivity contribution in [3.8, 4) is 0 Å². The number of halogens is 7. The quantitative estimate of drug-likeness (QED) is 0.340. The molecule has 7 nitrogen and oxygen atoms in total. The second-order valence-electron chi connectivity index (χ2n) is 8.34. The molecule has 0 radical (unpaired) electrons. The highest BCUT2D eigenvalue weighted by Gasteiger charge is 2.37. The van der Waals surface area contributed by atoms with Gasteiger partial charge in [0, 0.05) is 22.8 Å². The molecule has 0 spiro atoms. The summed E-state index contributed by atoms with van der Waals surface area (Å²) in [5, 5.41) is 9.08. The van der Waals surface area contributed by atoms with Crippen molar-refractivity contribution in [2.75, 3.05) is 31.6 Å². The van der Waals surface area contributed by atoms with Gasteiger partial charge in [0.05, 0.1) is 23.9 Å². The van der Waals surface area contributed by atoms with Crippen molar-refractivity contribution in [1.82, 2.24) is 9.91 Å². The molecule has 2 amide bonds. The van der Waals surface area contributed by atoms with E-state index in [9.17, 15) is 22.8 Å². The van der Waals surface area contributed by atoms with Gasteiger partial charge in [0.2, 0.25) is 9.70 Å². The van der Waals surface area contributed by atoms with E-state index in [0.717, 1.165) is 12.1 Å². The molecule has 3 rings (SSSR count). The van der Waals surface area contributed by atoms with Crippen LogP contribution in [0.25, 0.3) is 0 Å². The summed E-state index contributed by atoms with van der Waals surface area (Å²) in [7, 11) is 0. The van der Waals surface area contributed by atoms with Crippen molar-refractivity contribution in [1.29, 1.82) is 0 Å². The molecule has 1 unspecified atom stereocenters. The van der Waals surface area contributed by atoms with E-state index in [1.54, 1.807) is 24.3 Å². The van der Waals surface area contributed by atoms with E-state index < -0.39 is 40.2 Å². The molecular weight excluding hydrogens is 591 g/mol. The highest BCUT2D eigenvalue weighted by molar-refractivity contribution is 6.67. The predicted octanol–water partition coefficient (Wildman–Crippen LogP) is 6.60. The molecule has 0 fully saturated rings. The Balaban J connectivity index is 1.79. The third-order valence-electron chi connectivity index (χ3n) is 5.35. The average molecular weight is 614 g/mol. The second kappa shape index (κ2) is 12.6.